The molecule has 118 valence electrons. The van der Waals surface area contributed by atoms with Crippen molar-refractivity contribution < 1.29 is 9.53 Å². The smallest absolute Gasteiger partial charge is 0.319 e. The molecule has 0 amide bonds. The Morgan fingerprint density at radius 3 is 2.38 bits per heavy atom. The Balaban J connectivity index is 2.51. The third kappa shape index (κ3) is 2.97. The summed E-state index contributed by atoms with van der Waals surface area (Å²) >= 11 is 0. The normalized spacial score (nSPS) is 18.5. The lowest BCUT2D eigenvalue weighted by Gasteiger charge is -2.30. The fraction of sp³-hybridized carbons (Fsp3) is 0.812. The lowest BCUT2D eigenvalue weighted by molar-refractivity contribution is -0.151. The van der Waals surface area contributed by atoms with Crippen LogP contribution in [0.3, 0.4) is 0 Å². The van der Waals surface area contributed by atoms with Crippen LogP contribution >= 0.6 is 0 Å². The van der Waals surface area contributed by atoms with Crippen molar-refractivity contribution in [2.24, 2.45) is 0 Å². The zero-order valence-corrected chi connectivity index (χ0v) is 13.7. The van der Waals surface area contributed by atoms with Gasteiger partial charge in [-0.15, -0.1) is 10.2 Å². The number of carbonyl (C=O) groups is 1. The van der Waals surface area contributed by atoms with Gasteiger partial charge >= 0.3 is 5.97 Å². The molecule has 0 N–H and O–H groups in total. The van der Waals surface area contributed by atoms with Crippen molar-refractivity contribution in [1.82, 2.24) is 14.8 Å². The minimum Gasteiger partial charge on any atom is -0.465 e. The Morgan fingerprint density at radius 1 is 1.24 bits per heavy atom. The Hall–Kier alpha value is -1.39. The van der Waals surface area contributed by atoms with E-state index in [1.165, 1.54) is 12.8 Å². The largest absolute Gasteiger partial charge is 0.465 e. The minimum atomic E-state index is -0.613. The van der Waals surface area contributed by atoms with Crippen LogP contribution in [0.5, 0.6) is 0 Å². The number of hydrogen-bond acceptors (Lipinski definition) is 4. The summed E-state index contributed by atoms with van der Waals surface area (Å²) in [6.07, 6.45) is 6.07. The average Bonchev–Trinajstić information content (AvgIpc) is 2.69. The van der Waals surface area contributed by atoms with Crippen LogP contribution in [0.2, 0.25) is 0 Å². The molecule has 5 nitrogen and oxygen atoms in total. The highest BCUT2D eigenvalue weighted by Gasteiger charge is 2.46. The van der Waals surface area contributed by atoms with Crippen molar-refractivity contribution in [2.45, 2.75) is 77.7 Å². The number of nitrogens with zero attached hydrogens (tertiary/aromatic N) is 3. The van der Waals surface area contributed by atoms with Gasteiger partial charge in [-0.1, -0.05) is 25.7 Å². The van der Waals surface area contributed by atoms with Crippen LogP contribution in [-0.4, -0.2) is 27.3 Å². The molecule has 5 heteroatoms. The highest BCUT2D eigenvalue weighted by Crippen LogP contribution is 2.39. The maximum Gasteiger partial charge on any atom is 0.319 e. The van der Waals surface area contributed by atoms with E-state index in [-0.39, 0.29) is 12.0 Å². The quantitative estimate of drug-likeness (QED) is 0.631. The number of carbonyl (C=O) groups excluding carboxylic acids is 1. The molecule has 0 aromatic carbocycles. The summed E-state index contributed by atoms with van der Waals surface area (Å²) in [6.45, 7) is 8.44. The Labute approximate surface area is 127 Å². The first-order valence-electron chi connectivity index (χ1n) is 8.12. The summed E-state index contributed by atoms with van der Waals surface area (Å²) in [4.78, 5) is 12.8. The first-order valence-corrected chi connectivity index (χ1v) is 8.12. The molecule has 0 saturated heterocycles. The number of rotatable bonds is 4. The van der Waals surface area contributed by atoms with Gasteiger partial charge in [-0.25, -0.2) is 0 Å². The number of ether oxygens (including phenoxy) is 1. The van der Waals surface area contributed by atoms with Crippen molar-refractivity contribution in [1.29, 1.82) is 0 Å². The van der Waals surface area contributed by atoms with Gasteiger partial charge < -0.3 is 9.30 Å². The van der Waals surface area contributed by atoms with E-state index >= 15 is 0 Å². The molecule has 1 fully saturated rings. The van der Waals surface area contributed by atoms with Crippen LogP contribution in [0.25, 0.3) is 0 Å². The number of aromatic nitrogens is 3. The fourth-order valence-corrected chi connectivity index (χ4v) is 3.43. The summed E-state index contributed by atoms with van der Waals surface area (Å²) in [6, 6.07) is 0.240. The van der Waals surface area contributed by atoms with E-state index in [2.05, 4.69) is 28.6 Å². The zero-order valence-electron chi connectivity index (χ0n) is 13.7. The summed E-state index contributed by atoms with van der Waals surface area (Å²) in [5.74, 6) is 1.55. The second-order valence-corrected chi connectivity index (χ2v) is 6.25. The first kappa shape index (κ1) is 16.0. The molecule has 0 atom stereocenters. The van der Waals surface area contributed by atoms with Gasteiger partial charge in [0, 0.05) is 6.04 Å². The second kappa shape index (κ2) is 6.58. The third-order valence-corrected chi connectivity index (χ3v) is 4.43. The minimum absolute atomic E-state index is 0.124. The molecule has 2 rings (SSSR count). The van der Waals surface area contributed by atoms with Crippen molar-refractivity contribution in [3.05, 3.63) is 11.6 Å². The number of hydrogen-bond donors (Lipinski definition) is 0. The molecule has 0 spiro atoms. The van der Waals surface area contributed by atoms with Gasteiger partial charge in [-0.2, -0.15) is 0 Å². The number of esters is 1. The molecular weight excluding hydrogens is 266 g/mol. The average molecular weight is 293 g/mol. The van der Waals surface area contributed by atoms with E-state index in [1.807, 2.05) is 13.8 Å². The van der Waals surface area contributed by atoms with Gasteiger partial charge in [-0.3, -0.25) is 4.79 Å². The standard InChI is InChI=1S/C16H27N3O2/c1-5-21-15(20)16(10-8-6-7-9-11-16)14-18-17-13(4)19(14)12(2)3/h12H,5-11H2,1-4H3. The maximum absolute atomic E-state index is 12.8. The molecule has 0 radical (unpaired) electrons. The Kier molecular flexibility index (Phi) is 5.01. The fourth-order valence-electron chi connectivity index (χ4n) is 3.43. The molecule has 1 aromatic rings. The molecule has 1 aromatic heterocycles. The summed E-state index contributed by atoms with van der Waals surface area (Å²) in [5, 5.41) is 8.63. The first-order chi connectivity index (χ1) is 10.0. The molecule has 1 heterocycles. The Bertz CT molecular complexity index is 486. The van der Waals surface area contributed by atoms with Gasteiger partial charge in [0.2, 0.25) is 0 Å². The van der Waals surface area contributed by atoms with E-state index in [4.69, 9.17) is 4.74 Å². The lowest BCUT2D eigenvalue weighted by Crippen LogP contribution is -2.40. The molecule has 1 aliphatic rings. The van der Waals surface area contributed by atoms with E-state index < -0.39 is 5.41 Å². The maximum atomic E-state index is 12.8. The van der Waals surface area contributed by atoms with E-state index in [0.29, 0.717) is 6.61 Å². The van der Waals surface area contributed by atoms with Crippen LogP contribution in [0, 0.1) is 6.92 Å². The van der Waals surface area contributed by atoms with Crippen LogP contribution in [0.4, 0.5) is 0 Å². The van der Waals surface area contributed by atoms with Crippen molar-refractivity contribution in [3.8, 4) is 0 Å². The van der Waals surface area contributed by atoms with Gasteiger partial charge in [-0.05, 0) is 40.5 Å². The van der Waals surface area contributed by atoms with Gasteiger partial charge in [0.05, 0.1) is 6.61 Å². The topological polar surface area (TPSA) is 57.0 Å². The van der Waals surface area contributed by atoms with Gasteiger partial charge in [0.15, 0.2) is 5.82 Å². The molecular formula is C16H27N3O2. The highest BCUT2D eigenvalue weighted by molar-refractivity contribution is 5.82. The predicted octanol–water partition coefficient (Wildman–Crippen LogP) is 3.32. The van der Waals surface area contributed by atoms with Crippen LogP contribution < -0.4 is 0 Å². The SMILES string of the molecule is CCOC(=O)C1(c2nnc(C)n2C(C)C)CCCCCC1. The zero-order chi connectivity index (χ0) is 15.5. The van der Waals surface area contributed by atoms with Gasteiger partial charge in [0.1, 0.15) is 11.2 Å². The third-order valence-electron chi connectivity index (χ3n) is 4.43. The molecule has 1 aliphatic carbocycles. The van der Waals surface area contributed by atoms with Crippen molar-refractivity contribution in [3.63, 3.8) is 0 Å². The van der Waals surface area contributed by atoms with E-state index in [1.54, 1.807) is 0 Å². The molecule has 0 aliphatic heterocycles. The Morgan fingerprint density at radius 2 is 1.86 bits per heavy atom. The van der Waals surface area contributed by atoms with Crippen LogP contribution in [-0.2, 0) is 14.9 Å². The highest BCUT2D eigenvalue weighted by atomic mass is 16.5. The van der Waals surface area contributed by atoms with E-state index in [0.717, 1.165) is 37.3 Å². The summed E-state index contributed by atoms with van der Waals surface area (Å²) in [7, 11) is 0. The van der Waals surface area contributed by atoms with E-state index in [9.17, 15) is 4.79 Å². The van der Waals surface area contributed by atoms with Crippen molar-refractivity contribution >= 4 is 5.97 Å². The second-order valence-electron chi connectivity index (χ2n) is 6.25. The van der Waals surface area contributed by atoms with Crippen molar-refractivity contribution in [2.75, 3.05) is 6.61 Å². The van der Waals surface area contributed by atoms with Gasteiger partial charge in [0.25, 0.3) is 0 Å². The number of aryl methyl sites for hydroxylation is 1. The molecule has 0 unspecified atom stereocenters. The molecule has 21 heavy (non-hydrogen) atoms. The summed E-state index contributed by atoms with van der Waals surface area (Å²) in [5.41, 5.74) is -0.613. The summed E-state index contributed by atoms with van der Waals surface area (Å²) < 4.78 is 7.52. The van der Waals surface area contributed by atoms with Crippen LogP contribution in [0.15, 0.2) is 0 Å². The predicted molar refractivity (Wildman–Crippen MR) is 81.2 cm³/mol. The van der Waals surface area contributed by atoms with Crippen LogP contribution in [0.1, 0.15) is 77.0 Å². The molecule has 1 saturated carbocycles. The lowest BCUT2D eigenvalue weighted by atomic mass is 9.79. The monoisotopic (exact) mass is 293 g/mol. The molecule has 0 bridgehead atoms.